The monoisotopic (exact) mass is 276 g/mol. The molecule has 0 atom stereocenters. The second kappa shape index (κ2) is 4.77. The second-order valence-corrected chi connectivity index (χ2v) is 5.94. The summed E-state index contributed by atoms with van der Waals surface area (Å²) in [6.07, 6.45) is 0. The fraction of sp³-hybridized carbons (Fsp3) is 0.500. The van der Waals surface area contributed by atoms with Crippen LogP contribution >= 0.6 is 0 Å². The first-order chi connectivity index (χ1) is 9.20. The van der Waals surface area contributed by atoms with Crippen molar-refractivity contribution >= 4 is 11.7 Å². The molecule has 0 aliphatic heterocycles. The van der Waals surface area contributed by atoms with Gasteiger partial charge in [0.05, 0.1) is 11.4 Å². The van der Waals surface area contributed by atoms with Crippen LogP contribution in [0.3, 0.4) is 0 Å². The number of hydrogen-bond acceptors (Lipinski definition) is 4. The highest BCUT2D eigenvalue weighted by Crippen LogP contribution is 2.24. The van der Waals surface area contributed by atoms with Crippen molar-refractivity contribution < 1.29 is 9.32 Å². The summed E-state index contributed by atoms with van der Waals surface area (Å²) in [5.41, 5.74) is 1.92. The predicted molar refractivity (Wildman–Crippen MR) is 75.8 cm³/mol. The van der Waals surface area contributed by atoms with E-state index in [0.29, 0.717) is 22.8 Å². The second-order valence-electron chi connectivity index (χ2n) is 5.94. The van der Waals surface area contributed by atoms with E-state index in [0.717, 1.165) is 5.69 Å². The van der Waals surface area contributed by atoms with E-state index in [4.69, 9.17) is 4.52 Å². The van der Waals surface area contributed by atoms with E-state index in [-0.39, 0.29) is 11.3 Å². The van der Waals surface area contributed by atoms with Crippen LogP contribution in [0, 0.1) is 13.8 Å². The number of aromatic nitrogens is 3. The summed E-state index contributed by atoms with van der Waals surface area (Å²) in [6.45, 7) is 9.70. The molecule has 0 aromatic carbocycles. The Morgan fingerprint density at radius 3 is 2.45 bits per heavy atom. The topological polar surface area (TPSA) is 73.0 Å². The molecule has 2 rings (SSSR count). The SMILES string of the molecule is Cc1noc(C)c1C(=O)Nc1cc(C(C)(C)C)nn1C. The van der Waals surface area contributed by atoms with Gasteiger partial charge in [-0.15, -0.1) is 0 Å². The van der Waals surface area contributed by atoms with Gasteiger partial charge in [0.2, 0.25) is 0 Å². The van der Waals surface area contributed by atoms with Crippen molar-refractivity contribution in [3.8, 4) is 0 Å². The summed E-state index contributed by atoms with van der Waals surface area (Å²) < 4.78 is 6.67. The average Bonchev–Trinajstić information content (AvgIpc) is 2.83. The molecule has 0 saturated carbocycles. The molecule has 1 amide bonds. The van der Waals surface area contributed by atoms with Gasteiger partial charge in [-0.25, -0.2) is 0 Å². The summed E-state index contributed by atoms with van der Waals surface area (Å²) in [5, 5.41) is 11.1. The number of nitrogens with one attached hydrogen (secondary N) is 1. The molecule has 0 saturated heterocycles. The number of nitrogens with zero attached hydrogens (tertiary/aromatic N) is 3. The van der Waals surface area contributed by atoms with Gasteiger partial charge < -0.3 is 9.84 Å². The van der Waals surface area contributed by atoms with Crippen molar-refractivity contribution in [2.75, 3.05) is 5.32 Å². The summed E-state index contributed by atoms with van der Waals surface area (Å²) in [5.74, 6) is 0.933. The lowest BCUT2D eigenvalue weighted by Gasteiger charge is -2.13. The largest absolute Gasteiger partial charge is 0.361 e. The zero-order chi connectivity index (χ0) is 15.1. The summed E-state index contributed by atoms with van der Waals surface area (Å²) in [6, 6.07) is 1.88. The molecular formula is C14H20N4O2. The molecular weight excluding hydrogens is 256 g/mol. The lowest BCUT2D eigenvalue weighted by atomic mass is 9.92. The Hall–Kier alpha value is -2.11. The summed E-state index contributed by atoms with van der Waals surface area (Å²) >= 11 is 0. The summed E-state index contributed by atoms with van der Waals surface area (Å²) in [7, 11) is 1.80. The Kier molecular flexibility index (Phi) is 3.41. The van der Waals surface area contributed by atoms with E-state index < -0.39 is 0 Å². The lowest BCUT2D eigenvalue weighted by molar-refractivity contribution is 0.102. The number of anilines is 1. The van der Waals surface area contributed by atoms with E-state index in [1.165, 1.54) is 0 Å². The number of carbonyl (C=O) groups excluding carboxylic acids is 1. The van der Waals surface area contributed by atoms with Crippen molar-refractivity contribution in [3.05, 3.63) is 28.8 Å². The van der Waals surface area contributed by atoms with E-state index in [1.807, 2.05) is 6.07 Å². The molecule has 0 radical (unpaired) electrons. The molecule has 108 valence electrons. The number of amides is 1. The number of rotatable bonds is 2. The van der Waals surface area contributed by atoms with Crippen LogP contribution in [0.1, 0.15) is 48.3 Å². The number of hydrogen-bond donors (Lipinski definition) is 1. The molecule has 0 bridgehead atoms. The molecule has 2 aromatic heterocycles. The zero-order valence-corrected chi connectivity index (χ0v) is 12.7. The van der Waals surface area contributed by atoms with Gasteiger partial charge in [0.25, 0.3) is 5.91 Å². The van der Waals surface area contributed by atoms with Gasteiger partial charge in [-0.1, -0.05) is 25.9 Å². The van der Waals surface area contributed by atoms with Gasteiger partial charge in [0, 0.05) is 18.5 Å². The van der Waals surface area contributed by atoms with Crippen LogP contribution in [0.4, 0.5) is 5.82 Å². The smallest absolute Gasteiger partial charge is 0.262 e. The molecule has 6 nitrogen and oxygen atoms in total. The van der Waals surface area contributed by atoms with Crippen LogP contribution in [0.15, 0.2) is 10.6 Å². The molecule has 6 heteroatoms. The van der Waals surface area contributed by atoms with Crippen molar-refractivity contribution in [2.45, 2.75) is 40.0 Å². The summed E-state index contributed by atoms with van der Waals surface area (Å²) in [4.78, 5) is 12.3. The molecule has 2 aromatic rings. The van der Waals surface area contributed by atoms with E-state index in [2.05, 4.69) is 36.3 Å². The Labute approximate surface area is 118 Å². The van der Waals surface area contributed by atoms with Crippen LogP contribution in [0.2, 0.25) is 0 Å². The first-order valence-electron chi connectivity index (χ1n) is 6.49. The third-order valence-corrected chi connectivity index (χ3v) is 3.15. The van der Waals surface area contributed by atoms with Gasteiger partial charge >= 0.3 is 0 Å². The normalized spacial score (nSPS) is 11.7. The zero-order valence-electron chi connectivity index (χ0n) is 12.7. The van der Waals surface area contributed by atoms with Crippen LogP contribution < -0.4 is 5.32 Å². The first-order valence-corrected chi connectivity index (χ1v) is 6.49. The van der Waals surface area contributed by atoms with Crippen molar-refractivity contribution in [2.24, 2.45) is 7.05 Å². The maximum absolute atomic E-state index is 12.3. The van der Waals surface area contributed by atoms with Gasteiger partial charge in [0.15, 0.2) is 0 Å². The van der Waals surface area contributed by atoms with Crippen LogP contribution in [0.5, 0.6) is 0 Å². The molecule has 0 fully saturated rings. The third-order valence-electron chi connectivity index (χ3n) is 3.15. The van der Waals surface area contributed by atoms with Gasteiger partial charge in [-0.05, 0) is 13.8 Å². The van der Waals surface area contributed by atoms with Gasteiger partial charge in [0.1, 0.15) is 17.1 Å². The van der Waals surface area contributed by atoms with Crippen molar-refractivity contribution in [1.82, 2.24) is 14.9 Å². The highest BCUT2D eigenvalue weighted by Gasteiger charge is 2.22. The van der Waals surface area contributed by atoms with Crippen molar-refractivity contribution in [1.29, 1.82) is 0 Å². The molecule has 2 heterocycles. The highest BCUT2D eigenvalue weighted by molar-refractivity contribution is 6.05. The van der Waals surface area contributed by atoms with Crippen LogP contribution in [-0.2, 0) is 12.5 Å². The van der Waals surface area contributed by atoms with Crippen LogP contribution in [0.25, 0.3) is 0 Å². The molecule has 0 spiro atoms. The predicted octanol–water partition coefficient (Wildman–Crippen LogP) is 2.57. The van der Waals surface area contributed by atoms with E-state index >= 15 is 0 Å². The van der Waals surface area contributed by atoms with E-state index in [9.17, 15) is 4.79 Å². The Bertz CT molecular complexity index is 627. The Balaban J connectivity index is 2.27. The molecule has 0 aliphatic carbocycles. The molecule has 1 N–H and O–H groups in total. The van der Waals surface area contributed by atoms with Gasteiger partial charge in [-0.3, -0.25) is 9.48 Å². The Morgan fingerprint density at radius 2 is 2.00 bits per heavy atom. The van der Waals surface area contributed by atoms with Crippen molar-refractivity contribution in [3.63, 3.8) is 0 Å². The Morgan fingerprint density at radius 1 is 1.35 bits per heavy atom. The molecule has 0 unspecified atom stereocenters. The minimum Gasteiger partial charge on any atom is -0.361 e. The fourth-order valence-electron chi connectivity index (χ4n) is 1.94. The van der Waals surface area contributed by atoms with Crippen LogP contribution in [-0.4, -0.2) is 20.8 Å². The highest BCUT2D eigenvalue weighted by atomic mass is 16.5. The van der Waals surface area contributed by atoms with E-state index in [1.54, 1.807) is 25.6 Å². The standard InChI is InChI=1S/C14H20N4O2/c1-8-12(9(2)20-17-8)13(19)15-11-7-10(14(3,4)5)16-18(11)6/h7H,1-6H3,(H,15,19). The fourth-order valence-corrected chi connectivity index (χ4v) is 1.94. The maximum atomic E-state index is 12.3. The minimum absolute atomic E-state index is 0.0657. The molecule has 20 heavy (non-hydrogen) atoms. The number of carbonyl (C=O) groups is 1. The minimum atomic E-state index is -0.232. The number of aryl methyl sites for hydroxylation is 3. The maximum Gasteiger partial charge on any atom is 0.262 e. The quantitative estimate of drug-likeness (QED) is 0.915. The third kappa shape index (κ3) is 2.59. The average molecular weight is 276 g/mol. The first kappa shape index (κ1) is 14.3. The molecule has 0 aliphatic rings. The lowest BCUT2D eigenvalue weighted by Crippen LogP contribution is -2.15. The van der Waals surface area contributed by atoms with Gasteiger partial charge in [-0.2, -0.15) is 5.10 Å².